The van der Waals surface area contributed by atoms with E-state index in [-0.39, 0.29) is 0 Å². The van der Waals surface area contributed by atoms with E-state index in [4.69, 9.17) is 21.1 Å². The summed E-state index contributed by atoms with van der Waals surface area (Å²) in [5, 5.41) is 0.323. The number of aromatic nitrogens is 2. The lowest BCUT2D eigenvalue weighted by Gasteiger charge is -2.08. The van der Waals surface area contributed by atoms with Gasteiger partial charge in [-0.25, -0.2) is 9.97 Å². The average molecular weight is 330 g/mol. The SMILES string of the molecule is Clc1ncnc(OCCOc2ccccc2)c1Br. The Labute approximate surface area is 118 Å². The number of para-hydroxylation sites is 1. The molecule has 94 valence electrons. The summed E-state index contributed by atoms with van der Waals surface area (Å²) >= 11 is 9.07. The molecule has 0 unspecified atom stereocenters. The van der Waals surface area contributed by atoms with Crippen molar-refractivity contribution in [2.75, 3.05) is 13.2 Å². The summed E-state index contributed by atoms with van der Waals surface area (Å²) in [5.41, 5.74) is 0. The maximum absolute atomic E-state index is 5.81. The maximum atomic E-state index is 5.81. The summed E-state index contributed by atoms with van der Waals surface area (Å²) in [6.07, 6.45) is 1.35. The predicted octanol–water partition coefficient (Wildman–Crippen LogP) is 3.35. The molecule has 0 fully saturated rings. The quantitative estimate of drug-likeness (QED) is 0.623. The van der Waals surface area contributed by atoms with Gasteiger partial charge < -0.3 is 9.47 Å². The van der Waals surface area contributed by atoms with Gasteiger partial charge in [0.15, 0.2) is 5.15 Å². The molecule has 0 spiro atoms. The van der Waals surface area contributed by atoms with Crippen LogP contribution in [0.1, 0.15) is 0 Å². The Bertz CT molecular complexity index is 511. The van der Waals surface area contributed by atoms with Crippen molar-refractivity contribution in [2.24, 2.45) is 0 Å². The van der Waals surface area contributed by atoms with Crippen molar-refractivity contribution in [1.29, 1.82) is 0 Å². The second-order valence-electron chi connectivity index (χ2n) is 3.29. The van der Waals surface area contributed by atoms with Crippen LogP contribution in [-0.4, -0.2) is 23.2 Å². The first-order chi connectivity index (χ1) is 8.77. The van der Waals surface area contributed by atoms with Crippen LogP contribution in [0.2, 0.25) is 5.15 Å². The Morgan fingerprint density at radius 1 is 1.06 bits per heavy atom. The van der Waals surface area contributed by atoms with Gasteiger partial charge in [0, 0.05) is 0 Å². The van der Waals surface area contributed by atoms with Crippen LogP contribution in [0.15, 0.2) is 41.1 Å². The van der Waals surface area contributed by atoms with Gasteiger partial charge in [-0.2, -0.15) is 0 Å². The normalized spacial score (nSPS) is 10.1. The molecule has 2 rings (SSSR count). The van der Waals surface area contributed by atoms with E-state index in [0.717, 1.165) is 5.75 Å². The van der Waals surface area contributed by atoms with Crippen LogP contribution >= 0.6 is 27.5 Å². The van der Waals surface area contributed by atoms with Gasteiger partial charge in [0.1, 0.15) is 29.8 Å². The average Bonchev–Trinajstić information content (AvgIpc) is 2.40. The highest BCUT2D eigenvalue weighted by Crippen LogP contribution is 2.27. The number of benzene rings is 1. The number of ether oxygens (including phenoxy) is 2. The van der Waals surface area contributed by atoms with Crippen molar-refractivity contribution in [3.63, 3.8) is 0 Å². The predicted molar refractivity (Wildman–Crippen MR) is 72.2 cm³/mol. The zero-order chi connectivity index (χ0) is 12.8. The van der Waals surface area contributed by atoms with Crippen LogP contribution in [-0.2, 0) is 0 Å². The van der Waals surface area contributed by atoms with E-state index in [1.807, 2.05) is 30.3 Å². The first-order valence-corrected chi connectivity index (χ1v) is 6.41. The zero-order valence-electron chi connectivity index (χ0n) is 9.35. The molecule has 0 saturated carbocycles. The van der Waals surface area contributed by atoms with Gasteiger partial charge in [0.05, 0.1) is 0 Å². The highest BCUT2D eigenvalue weighted by Gasteiger charge is 2.07. The molecule has 4 nitrogen and oxygen atoms in total. The van der Waals surface area contributed by atoms with E-state index in [1.54, 1.807) is 0 Å². The summed E-state index contributed by atoms with van der Waals surface area (Å²) in [7, 11) is 0. The molecule has 2 aromatic rings. The van der Waals surface area contributed by atoms with Crippen molar-refractivity contribution in [3.8, 4) is 11.6 Å². The minimum absolute atomic E-state index is 0.323. The molecule has 6 heteroatoms. The van der Waals surface area contributed by atoms with Crippen LogP contribution in [0.5, 0.6) is 11.6 Å². The second kappa shape index (κ2) is 6.56. The molecule has 18 heavy (non-hydrogen) atoms. The van der Waals surface area contributed by atoms with Gasteiger partial charge in [-0.1, -0.05) is 29.8 Å². The summed E-state index contributed by atoms with van der Waals surface area (Å²) in [5.74, 6) is 1.22. The number of nitrogens with zero attached hydrogens (tertiary/aromatic N) is 2. The Hall–Kier alpha value is -1.33. The number of hydrogen-bond donors (Lipinski definition) is 0. The van der Waals surface area contributed by atoms with E-state index in [0.29, 0.717) is 28.7 Å². The molecule has 0 atom stereocenters. The van der Waals surface area contributed by atoms with Crippen LogP contribution < -0.4 is 9.47 Å². The minimum Gasteiger partial charge on any atom is -0.490 e. The highest BCUT2D eigenvalue weighted by atomic mass is 79.9. The molecule has 0 aliphatic rings. The van der Waals surface area contributed by atoms with Crippen molar-refractivity contribution in [1.82, 2.24) is 9.97 Å². The van der Waals surface area contributed by atoms with Crippen LogP contribution in [0.3, 0.4) is 0 Å². The van der Waals surface area contributed by atoms with Crippen LogP contribution in [0.25, 0.3) is 0 Å². The van der Waals surface area contributed by atoms with Gasteiger partial charge in [0.25, 0.3) is 0 Å². The molecule has 0 aliphatic carbocycles. The molecule has 1 aromatic heterocycles. The molecule has 0 bridgehead atoms. The van der Waals surface area contributed by atoms with Gasteiger partial charge in [-0.15, -0.1) is 0 Å². The van der Waals surface area contributed by atoms with Crippen molar-refractivity contribution in [3.05, 3.63) is 46.3 Å². The standard InChI is InChI=1S/C12H10BrClN2O2/c13-10-11(14)15-8-16-12(10)18-7-6-17-9-4-2-1-3-5-9/h1-5,8H,6-7H2. The molecule has 0 radical (unpaired) electrons. The lowest BCUT2D eigenvalue weighted by molar-refractivity contribution is 0.211. The summed E-state index contributed by atoms with van der Waals surface area (Å²) in [6.45, 7) is 0.804. The van der Waals surface area contributed by atoms with Crippen molar-refractivity contribution in [2.45, 2.75) is 0 Å². The van der Waals surface area contributed by atoms with Crippen molar-refractivity contribution >= 4 is 27.5 Å². The number of rotatable bonds is 5. The fourth-order valence-electron chi connectivity index (χ4n) is 1.25. The first kappa shape index (κ1) is 13.1. The van der Waals surface area contributed by atoms with E-state index in [9.17, 15) is 0 Å². The molecule has 1 aromatic carbocycles. The third kappa shape index (κ3) is 3.58. The number of halogens is 2. The summed E-state index contributed by atoms with van der Waals surface area (Å²) in [4.78, 5) is 7.77. The monoisotopic (exact) mass is 328 g/mol. The Morgan fingerprint density at radius 2 is 1.78 bits per heavy atom. The third-order valence-electron chi connectivity index (χ3n) is 2.05. The van der Waals surface area contributed by atoms with E-state index < -0.39 is 0 Å². The summed E-state index contributed by atoms with van der Waals surface area (Å²) < 4.78 is 11.5. The molecule has 0 aliphatic heterocycles. The van der Waals surface area contributed by atoms with Crippen LogP contribution in [0.4, 0.5) is 0 Å². The van der Waals surface area contributed by atoms with Crippen LogP contribution in [0, 0.1) is 0 Å². The first-order valence-electron chi connectivity index (χ1n) is 5.24. The maximum Gasteiger partial charge on any atom is 0.232 e. The third-order valence-corrected chi connectivity index (χ3v) is 3.28. The highest BCUT2D eigenvalue weighted by molar-refractivity contribution is 9.10. The molecule has 1 heterocycles. The minimum atomic E-state index is 0.323. The molecular formula is C12H10BrClN2O2. The summed E-state index contributed by atoms with van der Waals surface area (Å²) in [6, 6.07) is 9.53. The topological polar surface area (TPSA) is 44.2 Å². The smallest absolute Gasteiger partial charge is 0.232 e. The number of hydrogen-bond acceptors (Lipinski definition) is 4. The van der Waals surface area contributed by atoms with Gasteiger partial charge in [0.2, 0.25) is 5.88 Å². The van der Waals surface area contributed by atoms with Gasteiger partial charge in [-0.3, -0.25) is 0 Å². The fourth-order valence-corrected chi connectivity index (χ4v) is 1.69. The Balaban J connectivity index is 1.81. The van der Waals surface area contributed by atoms with Gasteiger partial charge >= 0.3 is 0 Å². The fraction of sp³-hybridized carbons (Fsp3) is 0.167. The van der Waals surface area contributed by atoms with Gasteiger partial charge in [-0.05, 0) is 28.1 Å². The molecular weight excluding hydrogens is 320 g/mol. The largest absolute Gasteiger partial charge is 0.490 e. The van der Waals surface area contributed by atoms with Crippen molar-refractivity contribution < 1.29 is 9.47 Å². The lowest BCUT2D eigenvalue weighted by Crippen LogP contribution is -2.10. The Morgan fingerprint density at radius 3 is 2.56 bits per heavy atom. The molecule has 0 saturated heterocycles. The lowest BCUT2D eigenvalue weighted by atomic mass is 10.3. The van der Waals surface area contributed by atoms with E-state index >= 15 is 0 Å². The van der Waals surface area contributed by atoms with E-state index in [2.05, 4.69) is 25.9 Å². The molecule has 0 amide bonds. The zero-order valence-corrected chi connectivity index (χ0v) is 11.7. The Kier molecular flexibility index (Phi) is 4.78. The second-order valence-corrected chi connectivity index (χ2v) is 4.44. The van der Waals surface area contributed by atoms with E-state index in [1.165, 1.54) is 6.33 Å². The molecule has 0 N–H and O–H groups in total.